The van der Waals surface area contributed by atoms with Crippen molar-refractivity contribution in [1.29, 1.82) is 0 Å². The van der Waals surface area contributed by atoms with E-state index in [1.807, 2.05) is 4.90 Å². The lowest BCUT2D eigenvalue weighted by Gasteiger charge is -2.33. The van der Waals surface area contributed by atoms with Crippen LogP contribution in [-0.2, 0) is 9.53 Å². The number of carbonyl (C=O) groups is 1. The van der Waals surface area contributed by atoms with E-state index in [-0.39, 0.29) is 11.9 Å². The Labute approximate surface area is 123 Å². The molecule has 2 heterocycles. The highest BCUT2D eigenvalue weighted by molar-refractivity contribution is 5.82. The third kappa shape index (κ3) is 4.19. The van der Waals surface area contributed by atoms with Crippen LogP contribution in [0.15, 0.2) is 0 Å². The summed E-state index contributed by atoms with van der Waals surface area (Å²) in [5.74, 6) is 0.974. The van der Waals surface area contributed by atoms with Crippen molar-refractivity contribution in [1.82, 2.24) is 10.2 Å². The highest BCUT2D eigenvalue weighted by Crippen LogP contribution is 2.26. The summed E-state index contributed by atoms with van der Waals surface area (Å²) in [6, 6.07) is 0.0400. The molecular formula is C16H30N2O2. The van der Waals surface area contributed by atoms with Crippen LogP contribution in [0.25, 0.3) is 0 Å². The van der Waals surface area contributed by atoms with Gasteiger partial charge in [0.15, 0.2) is 0 Å². The molecule has 0 saturated carbocycles. The number of ether oxygens (including phenoxy) is 1. The minimum absolute atomic E-state index is 0.0400. The van der Waals surface area contributed by atoms with Crippen molar-refractivity contribution in [3.05, 3.63) is 0 Å². The first-order valence-corrected chi connectivity index (χ1v) is 8.38. The average molecular weight is 282 g/mol. The number of piperidine rings is 1. The molecule has 2 aliphatic rings. The number of rotatable bonds is 6. The molecule has 1 amide bonds. The van der Waals surface area contributed by atoms with E-state index < -0.39 is 0 Å². The van der Waals surface area contributed by atoms with Crippen molar-refractivity contribution in [2.24, 2.45) is 5.92 Å². The second-order valence-electron chi connectivity index (χ2n) is 6.12. The van der Waals surface area contributed by atoms with Gasteiger partial charge in [-0.25, -0.2) is 0 Å². The van der Waals surface area contributed by atoms with E-state index in [0.717, 1.165) is 32.7 Å². The Morgan fingerprint density at radius 3 is 2.70 bits per heavy atom. The zero-order valence-electron chi connectivity index (χ0n) is 13.1. The van der Waals surface area contributed by atoms with Gasteiger partial charge in [-0.15, -0.1) is 0 Å². The Hall–Kier alpha value is -0.610. The van der Waals surface area contributed by atoms with Crippen molar-refractivity contribution >= 4 is 5.91 Å². The van der Waals surface area contributed by atoms with E-state index in [1.54, 1.807) is 0 Å². The van der Waals surface area contributed by atoms with Gasteiger partial charge in [-0.3, -0.25) is 4.79 Å². The summed E-state index contributed by atoms with van der Waals surface area (Å²) in [5, 5.41) is 3.40. The minimum Gasteiger partial charge on any atom is -0.378 e. The first-order chi connectivity index (χ1) is 9.74. The van der Waals surface area contributed by atoms with Crippen molar-refractivity contribution < 1.29 is 9.53 Å². The molecule has 0 aromatic rings. The van der Waals surface area contributed by atoms with Crippen molar-refractivity contribution in [3.8, 4) is 0 Å². The molecule has 0 aromatic carbocycles. The summed E-state index contributed by atoms with van der Waals surface area (Å²) < 4.78 is 5.70. The number of amides is 1. The third-order valence-electron chi connectivity index (χ3n) is 4.81. The molecular weight excluding hydrogens is 252 g/mol. The maximum atomic E-state index is 12.4. The summed E-state index contributed by atoms with van der Waals surface area (Å²) in [5.41, 5.74) is 0. The van der Waals surface area contributed by atoms with Crippen LogP contribution in [0, 0.1) is 5.92 Å². The predicted octanol–water partition coefficient (Wildman–Crippen LogP) is 2.18. The molecule has 2 saturated heterocycles. The van der Waals surface area contributed by atoms with E-state index >= 15 is 0 Å². The number of nitrogens with one attached hydrogen (secondary N) is 1. The van der Waals surface area contributed by atoms with E-state index in [1.165, 1.54) is 32.1 Å². The SMILES string of the molecule is CCN(CC)C(=O)C1CC(CCC2CCCO2)CCN1. The van der Waals surface area contributed by atoms with Crippen molar-refractivity contribution in [2.45, 2.75) is 64.5 Å². The van der Waals surface area contributed by atoms with Gasteiger partial charge in [0.1, 0.15) is 0 Å². The summed E-state index contributed by atoms with van der Waals surface area (Å²) >= 11 is 0. The van der Waals surface area contributed by atoms with Crippen LogP contribution >= 0.6 is 0 Å². The van der Waals surface area contributed by atoms with Crippen LogP contribution < -0.4 is 5.32 Å². The largest absolute Gasteiger partial charge is 0.378 e. The van der Waals surface area contributed by atoms with Crippen LogP contribution in [0.4, 0.5) is 0 Å². The van der Waals surface area contributed by atoms with E-state index in [2.05, 4.69) is 19.2 Å². The van der Waals surface area contributed by atoms with Gasteiger partial charge in [-0.05, 0) is 64.8 Å². The molecule has 0 aromatic heterocycles. The maximum absolute atomic E-state index is 12.4. The van der Waals surface area contributed by atoms with Crippen LogP contribution in [0.1, 0.15) is 52.4 Å². The van der Waals surface area contributed by atoms with Crippen LogP contribution in [-0.4, -0.2) is 49.2 Å². The summed E-state index contributed by atoms with van der Waals surface area (Å²) in [4.78, 5) is 14.3. The molecule has 4 heteroatoms. The molecule has 4 nitrogen and oxygen atoms in total. The fourth-order valence-corrected chi connectivity index (χ4v) is 3.50. The molecule has 0 aliphatic carbocycles. The highest BCUT2D eigenvalue weighted by atomic mass is 16.5. The molecule has 3 atom stereocenters. The van der Waals surface area contributed by atoms with Crippen LogP contribution in [0.2, 0.25) is 0 Å². The standard InChI is InChI=1S/C16H30N2O2/c1-3-18(4-2)16(19)15-12-13(9-10-17-15)7-8-14-6-5-11-20-14/h13-15,17H,3-12H2,1-2H3. The lowest BCUT2D eigenvalue weighted by molar-refractivity contribution is -0.134. The first-order valence-electron chi connectivity index (χ1n) is 8.38. The van der Waals surface area contributed by atoms with E-state index in [9.17, 15) is 4.79 Å². The van der Waals surface area contributed by atoms with Gasteiger partial charge < -0.3 is 15.0 Å². The lowest BCUT2D eigenvalue weighted by atomic mass is 9.87. The van der Waals surface area contributed by atoms with Gasteiger partial charge in [0, 0.05) is 19.7 Å². The quantitative estimate of drug-likeness (QED) is 0.812. The number of carbonyl (C=O) groups excluding carboxylic acids is 1. The molecule has 0 bridgehead atoms. The molecule has 3 unspecified atom stereocenters. The molecule has 2 aliphatic heterocycles. The maximum Gasteiger partial charge on any atom is 0.239 e. The monoisotopic (exact) mass is 282 g/mol. The van der Waals surface area contributed by atoms with Crippen molar-refractivity contribution in [2.75, 3.05) is 26.2 Å². The summed E-state index contributed by atoms with van der Waals surface area (Å²) in [6.07, 6.45) is 7.54. The van der Waals surface area contributed by atoms with Crippen LogP contribution in [0.5, 0.6) is 0 Å². The summed E-state index contributed by atoms with van der Waals surface area (Å²) in [6.45, 7) is 7.66. The fraction of sp³-hybridized carbons (Fsp3) is 0.938. The van der Waals surface area contributed by atoms with Gasteiger partial charge in [-0.1, -0.05) is 0 Å². The first kappa shape index (κ1) is 15.8. The van der Waals surface area contributed by atoms with Gasteiger partial charge >= 0.3 is 0 Å². The molecule has 1 N–H and O–H groups in total. The zero-order valence-corrected chi connectivity index (χ0v) is 13.1. The molecule has 2 rings (SSSR count). The number of likely N-dealkylation sites (N-methyl/N-ethyl adjacent to an activating group) is 1. The topological polar surface area (TPSA) is 41.6 Å². The fourth-order valence-electron chi connectivity index (χ4n) is 3.50. The Kier molecular flexibility index (Phi) is 6.30. The third-order valence-corrected chi connectivity index (χ3v) is 4.81. The van der Waals surface area contributed by atoms with Crippen LogP contribution in [0.3, 0.4) is 0 Å². The van der Waals surface area contributed by atoms with Gasteiger partial charge in [0.25, 0.3) is 0 Å². The van der Waals surface area contributed by atoms with Crippen molar-refractivity contribution in [3.63, 3.8) is 0 Å². The minimum atomic E-state index is 0.0400. The average Bonchev–Trinajstić information content (AvgIpc) is 3.00. The zero-order chi connectivity index (χ0) is 14.4. The van der Waals surface area contributed by atoms with Gasteiger partial charge in [0.05, 0.1) is 12.1 Å². The van der Waals surface area contributed by atoms with Gasteiger partial charge in [-0.2, -0.15) is 0 Å². The second kappa shape index (κ2) is 7.99. The number of hydrogen-bond donors (Lipinski definition) is 1. The van der Waals surface area contributed by atoms with E-state index in [0.29, 0.717) is 12.0 Å². The Morgan fingerprint density at radius 1 is 1.25 bits per heavy atom. The Bertz CT molecular complexity index is 299. The predicted molar refractivity (Wildman–Crippen MR) is 80.7 cm³/mol. The Morgan fingerprint density at radius 2 is 2.05 bits per heavy atom. The molecule has 0 spiro atoms. The van der Waals surface area contributed by atoms with E-state index in [4.69, 9.17) is 4.74 Å². The number of nitrogens with zero attached hydrogens (tertiary/aromatic N) is 1. The second-order valence-corrected chi connectivity index (χ2v) is 6.12. The Balaban J connectivity index is 1.77. The number of hydrogen-bond acceptors (Lipinski definition) is 3. The normalized spacial score (nSPS) is 30.4. The molecule has 0 radical (unpaired) electrons. The van der Waals surface area contributed by atoms with Gasteiger partial charge in [0.2, 0.25) is 5.91 Å². The highest BCUT2D eigenvalue weighted by Gasteiger charge is 2.29. The smallest absolute Gasteiger partial charge is 0.239 e. The molecule has 20 heavy (non-hydrogen) atoms. The lowest BCUT2D eigenvalue weighted by Crippen LogP contribution is -2.50. The molecule has 2 fully saturated rings. The summed E-state index contributed by atoms with van der Waals surface area (Å²) in [7, 11) is 0. The molecule has 116 valence electrons.